The molecule has 0 heterocycles. The molecule has 7 atom stereocenters. The Labute approximate surface area is 168 Å². The molecule has 4 aliphatic rings. The van der Waals surface area contributed by atoms with Crippen molar-refractivity contribution >= 4 is 16.4 Å². The highest BCUT2D eigenvalue weighted by Gasteiger charge is 2.60. The first-order valence-electron chi connectivity index (χ1n) is 10.5. The number of hydrogen-bond acceptors (Lipinski definition) is 5. The third-order valence-corrected chi connectivity index (χ3v) is 9.29. The fourth-order valence-corrected chi connectivity index (χ4v) is 7.92. The van der Waals surface area contributed by atoms with Gasteiger partial charge in [-0.25, -0.2) is 4.18 Å². The van der Waals surface area contributed by atoms with Gasteiger partial charge in [-0.1, -0.05) is 25.5 Å². The van der Waals surface area contributed by atoms with Crippen LogP contribution in [0.4, 0.5) is 0 Å². The van der Waals surface area contributed by atoms with Gasteiger partial charge in [0.25, 0.3) is 0 Å². The summed E-state index contributed by atoms with van der Waals surface area (Å²) in [6.07, 6.45) is 9.08. The molecule has 0 aromatic heterocycles. The molecule has 0 aliphatic heterocycles. The average Bonchev–Trinajstić information content (AvgIpc) is 2.97. The molecule has 4 rings (SSSR count). The molecule has 7 heteroatoms. The van der Waals surface area contributed by atoms with E-state index >= 15 is 0 Å². The molecule has 158 valence electrons. The van der Waals surface area contributed by atoms with Gasteiger partial charge >= 0.3 is 16.4 Å². The molecule has 0 amide bonds. The Balaban J connectivity index is 1.58. The lowest BCUT2D eigenvalue weighted by Crippen LogP contribution is -2.51. The van der Waals surface area contributed by atoms with E-state index in [0.717, 1.165) is 44.9 Å². The highest BCUT2D eigenvalue weighted by atomic mass is 32.3. The molecule has 1 N–H and O–H groups in total. The summed E-state index contributed by atoms with van der Waals surface area (Å²) < 4.78 is 41.2. The van der Waals surface area contributed by atoms with Crippen molar-refractivity contribution in [2.45, 2.75) is 71.3 Å². The Morgan fingerprint density at radius 2 is 1.86 bits per heavy atom. The molecule has 3 saturated carbocycles. The van der Waals surface area contributed by atoms with Crippen LogP contribution in [0.3, 0.4) is 0 Å². The molecule has 4 aliphatic carbocycles. The fourth-order valence-electron chi connectivity index (χ4n) is 7.46. The largest absolute Gasteiger partial charge is 0.469 e. The molecule has 0 radical (unpaired) electrons. The van der Waals surface area contributed by atoms with Gasteiger partial charge in [0.2, 0.25) is 0 Å². The summed E-state index contributed by atoms with van der Waals surface area (Å²) in [7, 11) is -2.93. The third-order valence-electron chi connectivity index (χ3n) is 8.80. The van der Waals surface area contributed by atoms with E-state index < -0.39 is 16.5 Å². The summed E-state index contributed by atoms with van der Waals surface area (Å²) in [5.74, 6) is 1.70. The molecule has 0 saturated heterocycles. The van der Waals surface area contributed by atoms with E-state index in [2.05, 4.69) is 13.8 Å². The quantitative estimate of drug-likeness (QED) is 0.429. The molecule has 0 unspecified atom stereocenters. The molecule has 0 aromatic carbocycles. The maximum absolute atomic E-state index is 12.4. The van der Waals surface area contributed by atoms with Crippen LogP contribution in [0.25, 0.3) is 0 Å². The number of carbonyl (C=O) groups excluding carboxylic acids is 1. The topological polar surface area (TPSA) is 89.9 Å². The van der Waals surface area contributed by atoms with Crippen molar-refractivity contribution in [1.82, 2.24) is 0 Å². The maximum Gasteiger partial charge on any atom is 0.397 e. The maximum atomic E-state index is 12.4. The van der Waals surface area contributed by atoms with E-state index in [-0.39, 0.29) is 22.7 Å². The first-order chi connectivity index (χ1) is 13.1. The van der Waals surface area contributed by atoms with Crippen molar-refractivity contribution in [3.63, 3.8) is 0 Å². The molecule has 6 nitrogen and oxygen atoms in total. The normalized spacial score (nSPS) is 45.4. The molecular formula is C21H32O6S. The predicted octanol–water partition coefficient (Wildman–Crippen LogP) is 3.93. The molecule has 0 spiro atoms. The van der Waals surface area contributed by atoms with Crippen LogP contribution in [0, 0.1) is 34.5 Å². The zero-order valence-corrected chi connectivity index (χ0v) is 17.8. The van der Waals surface area contributed by atoms with E-state index in [1.807, 2.05) is 6.08 Å². The van der Waals surface area contributed by atoms with Gasteiger partial charge < -0.3 is 4.74 Å². The van der Waals surface area contributed by atoms with Crippen LogP contribution in [0.1, 0.15) is 65.2 Å². The number of carbonyl (C=O) groups is 1. The minimum absolute atomic E-state index is 0.0205. The first kappa shape index (κ1) is 20.4. The third kappa shape index (κ3) is 3.14. The predicted molar refractivity (Wildman–Crippen MR) is 104 cm³/mol. The second kappa shape index (κ2) is 6.81. The van der Waals surface area contributed by atoms with Gasteiger partial charge in [0.05, 0.1) is 19.1 Å². The molecule has 3 fully saturated rings. The SMILES string of the molecule is COC(=O)[C@H]1CC[C@H]2[C@@H]3CCC4=C[C@@H](OS(=O)(=O)O)CC[C@]4(C)[C@H]3CC[C@]12C. The van der Waals surface area contributed by atoms with Crippen molar-refractivity contribution in [2.24, 2.45) is 34.5 Å². The van der Waals surface area contributed by atoms with Gasteiger partial charge in [-0.2, -0.15) is 8.42 Å². The Hall–Kier alpha value is -0.920. The molecule has 28 heavy (non-hydrogen) atoms. The number of hydrogen-bond donors (Lipinski definition) is 1. The second-order valence-corrected chi connectivity index (χ2v) is 10.9. The summed E-state index contributed by atoms with van der Waals surface area (Å²) in [5, 5.41) is 0. The Morgan fingerprint density at radius 1 is 1.11 bits per heavy atom. The minimum atomic E-state index is -4.43. The smallest absolute Gasteiger partial charge is 0.397 e. The lowest BCUT2D eigenvalue weighted by atomic mass is 9.47. The zero-order valence-electron chi connectivity index (χ0n) is 17.0. The van der Waals surface area contributed by atoms with Crippen molar-refractivity contribution in [3.05, 3.63) is 11.6 Å². The second-order valence-electron chi connectivity index (χ2n) is 9.82. The zero-order chi connectivity index (χ0) is 20.3. The summed E-state index contributed by atoms with van der Waals surface area (Å²) in [5.41, 5.74) is 1.39. The fraction of sp³-hybridized carbons (Fsp3) is 0.857. The lowest BCUT2D eigenvalue weighted by molar-refractivity contribution is -0.152. The van der Waals surface area contributed by atoms with Crippen LogP contribution >= 0.6 is 0 Å². The molecule has 0 aromatic rings. The van der Waals surface area contributed by atoms with Gasteiger partial charge in [0.1, 0.15) is 0 Å². The van der Waals surface area contributed by atoms with Crippen LogP contribution in [0.15, 0.2) is 11.6 Å². The van der Waals surface area contributed by atoms with Gasteiger partial charge in [0.15, 0.2) is 0 Å². The van der Waals surface area contributed by atoms with Crippen LogP contribution in [0.2, 0.25) is 0 Å². The number of ether oxygens (including phenoxy) is 1. The Morgan fingerprint density at radius 3 is 2.54 bits per heavy atom. The Kier molecular flexibility index (Phi) is 4.95. The van der Waals surface area contributed by atoms with Crippen LogP contribution in [-0.4, -0.2) is 32.2 Å². The number of fused-ring (bicyclic) bond motifs is 5. The average molecular weight is 413 g/mol. The van der Waals surface area contributed by atoms with Crippen LogP contribution in [-0.2, 0) is 24.1 Å². The number of allylic oxidation sites excluding steroid dienone is 1. The van der Waals surface area contributed by atoms with Gasteiger partial charge in [0, 0.05) is 0 Å². The van der Waals surface area contributed by atoms with Crippen LogP contribution in [0.5, 0.6) is 0 Å². The van der Waals surface area contributed by atoms with E-state index in [9.17, 15) is 13.2 Å². The minimum Gasteiger partial charge on any atom is -0.469 e. The summed E-state index contributed by atoms with van der Waals surface area (Å²) in [6, 6.07) is 0. The standard InChI is InChI=1S/C21H32O6S/c1-20-10-8-14(27-28(23,24)25)12-13(20)4-5-15-16-6-7-18(19(22)26-3)21(16,2)11-9-17(15)20/h12,14-18H,4-11H2,1-3H3,(H,23,24,25)/t14-,15-,16-,17-,18+,20-,21-/m0/s1. The number of rotatable bonds is 3. The Bertz CT molecular complexity index is 789. The van der Waals surface area contributed by atoms with Crippen molar-refractivity contribution in [2.75, 3.05) is 7.11 Å². The number of esters is 1. The van der Waals surface area contributed by atoms with Crippen molar-refractivity contribution < 1.29 is 26.7 Å². The molecular weight excluding hydrogens is 380 g/mol. The first-order valence-corrected chi connectivity index (χ1v) is 11.9. The van der Waals surface area contributed by atoms with Gasteiger partial charge in [-0.05, 0) is 80.0 Å². The van der Waals surface area contributed by atoms with Gasteiger partial charge in [-0.3, -0.25) is 9.35 Å². The van der Waals surface area contributed by atoms with Gasteiger partial charge in [-0.15, -0.1) is 0 Å². The van der Waals surface area contributed by atoms with E-state index in [1.165, 1.54) is 12.7 Å². The van der Waals surface area contributed by atoms with Crippen LogP contribution < -0.4 is 0 Å². The lowest BCUT2D eigenvalue weighted by Gasteiger charge is -2.58. The van der Waals surface area contributed by atoms with E-state index in [1.54, 1.807) is 0 Å². The van der Waals surface area contributed by atoms with Crippen molar-refractivity contribution in [1.29, 1.82) is 0 Å². The summed E-state index contributed by atoms with van der Waals surface area (Å²) in [6.45, 7) is 4.63. The number of methoxy groups -OCH3 is 1. The van der Waals surface area contributed by atoms with E-state index in [0.29, 0.717) is 24.2 Å². The summed E-state index contributed by atoms with van der Waals surface area (Å²) >= 11 is 0. The summed E-state index contributed by atoms with van der Waals surface area (Å²) in [4.78, 5) is 12.4. The van der Waals surface area contributed by atoms with Crippen molar-refractivity contribution in [3.8, 4) is 0 Å². The molecule has 0 bridgehead atoms. The monoisotopic (exact) mass is 412 g/mol. The highest BCUT2D eigenvalue weighted by Crippen LogP contribution is 2.66. The van der Waals surface area contributed by atoms with E-state index in [4.69, 9.17) is 13.5 Å². The highest BCUT2D eigenvalue weighted by molar-refractivity contribution is 7.80.